The van der Waals surface area contributed by atoms with Gasteiger partial charge in [-0.05, 0) is 38.0 Å². The fourth-order valence-electron chi connectivity index (χ4n) is 1.74. The van der Waals surface area contributed by atoms with Crippen molar-refractivity contribution < 1.29 is 26.7 Å². The first kappa shape index (κ1) is 18.2. The Labute approximate surface area is 126 Å². The highest BCUT2D eigenvalue weighted by molar-refractivity contribution is 7.89. The second-order valence-electron chi connectivity index (χ2n) is 4.53. The predicted octanol–water partition coefficient (Wildman–Crippen LogP) is 2.80. The topological polar surface area (TPSA) is 66.4 Å². The lowest BCUT2D eigenvalue weighted by Crippen LogP contribution is -2.34. The highest BCUT2D eigenvalue weighted by atomic mass is 35.5. The van der Waals surface area contributed by atoms with Crippen molar-refractivity contribution in [1.82, 2.24) is 4.72 Å². The SMILES string of the molecule is CC(CCCO)NS(=O)(=O)c1ccc(Cl)cc1C(F)(F)F. The zero-order valence-electron chi connectivity index (χ0n) is 11.1. The number of nitrogens with one attached hydrogen (secondary N) is 1. The minimum atomic E-state index is -4.83. The van der Waals surface area contributed by atoms with E-state index in [0.29, 0.717) is 18.9 Å². The molecule has 9 heteroatoms. The molecule has 0 aliphatic rings. The third kappa shape index (κ3) is 5.14. The summed E-state index contributed by atoms with van der Waals surface area (Å²) in [6.45, 7) is 1.39. The van der Waals surface area contributed by atoms with E-state index >= 15 is 0 Å². The molecule has 2 N–H and O–H groups in total. The molecule has 120 valence electrons. The maximum atomic E-state index is 12.9. The Balaban J connectivity index is 3.14. The first-order valence-corrected chi connectivity index (χ1v) is 7.94. The minimum Gasteiger partial charge on any atom is -0.396 e. The van der Waals surface area contributed by atoms with E-state index in [-0.39, 0.29) is 11.6 Å². The number of benzene rings is 1. The second-order valence-corrected chi connectivity index (χ2v) is 6.65. The first-order chi connectivity index (χ1) is 9.58. The van der Waals surface area contributed by atoms with Crippen molar-refractivity contribution in [1.29, 1.82) is 0 Å². The quantitative estimate of drug-likeness (QED) is 0.833. The smallest absolute Gasteiger partial charge is 0.396 e. The molecule has 0 bridgehead atoms. The molecule has 0 aliphatic heterocycles. The summed E-state index contributed by atoms with van der Waals surface area (Å²) in [6, 6.07) is 1.89. The lowest BCUT2D eigenvalue weighted by atomic mass is 10.2. The van der Waals surface area contributed by atoms with Crippen LogP contribution in [0.25, 0.3) is 0 Å². The summed E-state index contributed by atoms with van der Waals surface area (Å²) < 4.78 is 65.0. The van der Waals surface area contributed by atoms with Crippen LogP contribution in [0.1, 0.15) is 25.3 Å². The van der Waals surface area contributed by atoms with Gasteiger partial charge in [-0.3, -0.25) is 0 Å². The Kier molecular flexibility index (Phi) is 6.03. The van der Waals surface area contributed by atoms with Gasteiger partial charge >= 0.3 is 6.18 Å². The van der Waals surface area contributed by atoms with E-state index in [4.69, 9.17) is 16.7 Å². The van der Waals surface area contributed by atoms with E-state index in [1.165, 1.54) is 6.92 Å². The molecular weight excluding hydrogens is 331 g/mol. The fourth-order valence-corrected chi connectivity index (χ4v) is 3.40. The molecule has 1 rings (SSSR count). The number of aliphatic hydroxyl groups is 1. The van der Waals surface area contributed by atoms with Gasteiger partial charge in [0.05, 0.1) is 10.5 Å². The van der Waals surface area contributed by atoms with E-state index in [0.717, 1.165) is 12.1 Å². The molecule has 1 aromatic carbocycles. The van der Waals surface area contributed by atoms with Crippen LogP contribution in [0.4, 0.5) is 13.2 Å². The third-order valence-electron chi connectivity index (χ3n) is 2.69. The van der Waals surface area contributed by atoms with Crippen LogP contribution in [0.15, 0.2) is 23.1 Å². The van der Waals surface area contributed by atoms with Crippen LogP contribution in [0.2, 0.25) is 5.02 Å². The number of sulfonamides is 1. The summed E-state index contributed by atoms with van der Waals surface area (Å²) in [5.41, 5.74) is -1.31. The summed E-state index contributed by atoms with van der Waals surface area (Å²) >= 11 is 5.50. The maximum Gasteiger partial charge on any atom is 0.417 e. The van der Waals surface area contributed by atoms with Crippen molar-refractivity contribution >= 4 is 21.6 Å². The van der Waals surface area contributed by atoms with Gasteiger partial charge < -0.3 is 5.11 Å². The van der Waals surface area contributed by atoms with Gasteiger partial charge in [-0.1, -0.05) is 11.6 Å². The fraction of sp³-hybridized carbons (Fsp3) is 0.500. The summed E-state index contributed by atoms with van der Waals surface area (Å²) in [5, 5.41) is 8.47. The lowest BCUT2D eigenvalue weighted by molar-refractivity contribution is -0.139. The molecule has 21 heavy (non-hydrogen) atoms. The van der Waals surface area contributed by atoms with Crippen molar-refractivity contribution in [3.8, 4) is 0 Å². The van der Waals surface area contributed by atoms with E-state index < -0.39 is 32.7 Å². The molecule has 0 aromatic heterocycles. The van der Waals surface area contributed by atoms with E-state index in [1.807, 2.05) is 0 Å². The molecule has 0 spiro atoms. The van der Waals surface area contributed by atoms with Crippen molar-refractivity contribution in [2.24, 2.45) is 0 Å². The van der Waals surface area contributed by atoms with Gasteiger partial charge in [0.15, 0.2) is 0 Å². The average Bonchev–Trinajstić information content (AvgIpc) is 2.34. The Morgan fingerprint density at radius 3 is 2.52 bits per heavy atom. The minimum absolute atomic E-state index is 0.124. The summed E-state index contributed by atoms with van der Waals surface area (Å²) in [4.78, 5) is -0.866. The zero-order chi connectivity index (χ0) is 16.3. The van der Waals surface area contributed by atoms with Crippen LogP contribution >= 0.6 is 11.6 Å². The standard InChI is InChI=1S/C12H15ClF3NO3S/c1-8(3-2-6-18)17-21(19,20)11-5-4-9(13)7-10(11)12(14,15)16/h4-5,7-8,17-18H,2-3,6H2,1H3. The Hall–Kier alpha value is -0.830. The Morgan fingerprint density at radius 2 is 2.00 bits per heavy atom. The van der Waals surface area contributed by atoms with Gasteiger partial charge in [-0.25, -0.2) is 13.1 Å². The largest absolute Gasteiger partial charge is 0.417 e. The molecule has 1 atom stereocenters. The lowest BCUT2D eigenvalue weighted by Gasteiger charge is -2.17. The van der Waals surface area contributed by atoms with Crippen molar-refractivity contribution in [3.63, 3.8) is 0 Å². The molecule has 0 fully saturated rings. The van der Waals surface area contributed by atoms with Crippen LogP contribution in [0, 0.1) is 0 Å². The van der Waals surface area contributed by atoms with Crippen LogP contribution in [-0.4, -0.2) is 26.2 Å². The molecule has 0 aliphatic carbocycles. The molecule has 0 radical (unpaired) electrons. The third-order valence-corrected chi connectivity index (χ3v) is 4.57. The van der Waals surface area contributed by atoms with Gasteiger partial charge in [0.25, 0.3) is 0 Å². The van der Waals surface area contributed by atoms with E-state index in [9.17, 15) is 21.6 Å². The molecule has 0 saturated carbocycles. The maximum absolute atomic E-state index is 12.9. The summed E-state index contributed by atoms with van der Waals surface area (Å²) in [7, 11) is -4.33. The number of hydrogen-bond donors (Lipinski definition) is 2. The highest BCUT2D eigenvalue weighted by Crippen LogP contribution is 2.35. The van der Waals surface area contributed by atoms with Crippen LogP contribution in [0.3, 0.4) is 0 Å². The van der Waals surface area contributed by atoms with Crippen molar-refractivity contribution in [2.45, 2.75) is 36.9 Å². The van der Waals surface area contributed by atoms with Crippen LogP contribution in [-0.2, 0) is 16.2 Å². The Bertz CT molecular complexity index is 590. The molecule has 0 amide bonds. The van der Waals surface area contributed by atoms with Gasteiger partial charge in [0.1, 0.15) is 0 Å². The Morgan fingerprint density at radius 1 is 1.38 bits per heavy atom. The molecule has 1 unspecified atom stereocenters. The van der Waals surface area contributed by atoms with Gasteiger partial charge in [-0.2, -0.15) is 13.2 Å². The van der Waals surface area contributed by atoms with Crippen LogP contribution < -0.4 is 4.72 Å². The number of halogens is 4. The van der Waals surface area contributed by atoms with Gasteiger partial charge in [0, 0.05) is 17.7 Å². The molecule has 0 saturated heterocycles. The van der Waals surface area contributed by atoms with E-state index in [1.54, 1.807) is 0 Å². The second kappa shape index (κ2) is 6.95. The first-order valence-electron chi connectivity index (χ1n) is 6.08. The molecular formula is C12H15ClF3NO3S. The zero-order valence-corrected chi connectivity index (χ0v) is 12.7. The highest BCUT2D eigenvalue weighted by Gasteiger charge is 2.37. The average molecular weight is 346 g/mol. The molecule has 4 nitrogen and oxygen atoms in total. The van der Waals surface area contributed by atoms with Gasteiger partial charge in [-0.15, -0.1) is 0 Å². The number of alkyl halides is 3. The predicted molar refractivity (Wildman–Crippen MR) is 72.6 cm³/mol. The number of hydrogen-bond acceptors (Lipinski definition) is 3. The van der Waals surface area contributed by atoms with Crippen molar-refractivity contribution in [3.05, 3.63) is 28.8 Å². The van der Waals surface area contributed by atoms with Crippen LogP contribution in [0.5, 0.6) is 0 Å². The van der Waals surface area contributed by atoms with E-state index in [2.05, 4.69) is 4.72 Å². The van der Waals surface area contributed by atoms with Gasteiger partial charge in [0.2, 0.25) is 10.0 Å². The number of rotatable bonds is 6. The normalized spacial score (nSPS) is 14.2. The summed E-state index contributed by atoms with van der Waals surface area (Å²) in [6.07, 6.45) is -4.18. The molecule has 1 aromatic rings. The number of aliphatic hydroxyl groups excluding tert-OH is 1. The molecule has 0 heterocycles. The van der Waals surface area contributed by atoms with Crippen molar-refractivity contribution in [2.75, 3.05) is 6.61 Å². The monoisotopic (exact) mass is 345 g/mol. The summed E-state index contributed by atoms with van der Waals surface area (Å²) in [5.74, 6) is 0.